The van der Waals surface area contributed by atoms with Crippen LogP contribution < -0.4 is 0 Å². The summed E-state index contributed by atoms with van der Waals surface area (Å²) in [5.74, 6) is -0.598. The molecular formula is C21H34O5. The van der Waals surface area contributed by atoms with E-state index in [-0.39, 0.29) is 29.3 Å². The van der Waals surface area contributed by atoms with E-state index in [0.717, 1.165) is 6.42 Å². The van der Waals surface area contributed by atoms with Crippen LogP contribution in [0.1, 0.15) is 59.3 Å². The molecule has 26 heavy (non-hydrogen) atoms. The summed E-state index contributed by atoms with van der Waals surface area (Å²) in [6.07, 6.45) is 3.12. The van der Waals surface area contributed by atoms with Crippen LogP contribution in [-0.4, -0.2) is 55.5 Å². The Morgan fingerprint density at radius 1 is 1.12 bits per heavy atom. The maximum absolute atomic E-state index is 11.9. The van der Waals surface area contributed by atoms with Gasteiger partial charge in [0.1, 0.15) is 0 Å². The van der Waals surface area contributed by atoms with Crippen molar-refractivity contribution in [1.82, 2.24) is 0 Å². The van der Waals surface area contributed by atoms with E-state index >= 15 is 0 Å². The summed E-state index contributed by atoms with van der Waals surface area (Å²) in [7, 11) is 0. The monoisotopic (exact) mass is 366 g/mol. The molecule has 0 aromatic carbocycles. The lowest BCUT2D eigenvalue weighted by Gasteiger charge is -2.64. The van der Waals surface area contributed by atoms with E-state index in [2.05, 4.69) is 13.0 Å². The van der Waals surface area contributed by atoms with Crippen molar-refractivity contribution < 1.29 is 25.5 Å². The van der Waals surface area contributed by atoms with E-state index in [4.69, 9.17) is 0 Å². The fourth-order valence-electron chi connectivity index (χ4n) is 7.50. The average Bonchev–Trinajstić information content (AvgIpc) is 2.86. The molecule has 0 saturated heterocycles. The van der Waals surface area contributed by atoms with Crippen LogP contribution in [0.3, 0.4) is 0 Å². The van der Waals surface area contributed by atoms with Gasteiger partial charge in [0.05, 0.1) is 30.0 Å². The number of fused-ring (bicyclic) bond motifs is 5. The minimum Gasteiger partial charge on any atom is -0.393 e. The number of rotatable bonds is 1. The molecule has 4 aliphatic rings. The molecule has 0 radical (unpaired) electrons. The van der Waals surface area contributed by atoms with Gasteiger partial charge >= 0.3 is 0 Å². The van der Waals surface area contributed by atoms with Gasteiger partial charge in [-0.15, -0.1) is 0 Å². The van der Waals surface area contributed by atoms with Crippen LogP contribution in [0.25, 0.3) is 0 Å². The van der Waals surface area contributed by atoms with Crippen molar-refractivity contribution in [3.8, 4) is 0 Å². The maximum atomic E-state index is 11.9. The molecule has 5 nitrogen and oxygen atoms in total. The molecule has 0 aromatic rings. The standard InChI is InChI=1S/C21H34O5/c1-11(22)14-7-9-21(26)15-5-4-12-10-13(23)6-8-19(12,2)16(15)17(24)18(25)20(14,21)3/h4,11,13-18,22-26H,5-10H2,1-3H3/t11?,13-,14+,15+,16+,17-,18+,19-,20-,21-/m0/s1. The molecule has 3 fully saturated rings. The molecule has 148 valence electrons. The summed E-state index contributed by atoms with van der Waals surface area (Å²) in [5.41, 5.74) is -1.15. The quantitative estimate of drug-likeness (QED) is 0.451. The summed E-state index contributed by atoms with van der Waals surface area (Å²) < 4.78 is 0. The van der Waals surface area contributed by atoms with Crippen LogP contribution in [0.15, 0.2) is 11.6 Å². The van der Waals surface area contributed by atoms with Crippen LogP contribution in [0, 0.1) is 28.6 Å². The zero-order valence-electron chi connectivity index (χ0n) is 16.1. The highest BCUT2D eigenvalue weighted by Crippen LogP contribution is 2.68. The molecule has 0 aliphatic heterocycles. The summed E-state index contributed by atoms with van der Waals surface area (Å²) in [4.78, 5) is 0. The van der Waals surface area contributed by atoms with Crippen molar-refractivity contribution >= 4 is 0 Å². The second kappa shape index (κ2) is 5.77. The molecule has 4 rings (SSSR count). The zero-order chi connectivity index (χ0) is 19.1. The average molecular weight is 366 g/mol. The van der Waals surface area contributed by atoms with Gasteiger partial charge < -0.3 is 25.5 Å². The molecule has 3 saturated carbocycles. The molecule has 0 spiro atoms. The molecule has 5 N–H and O–H groups in total. The van der Waals surface area contributed by atoms with Crippen LogP contribution in [0.2, 0.25) is 0 Å². The first-order chi connectivity index (χ1) is 12.1. The van der Waals surface area contributed by atoms with E-state index in [1.54, 1.807) is 6.92 Å². The zero-order valence-corrected chi connectivity index (χ0v) is 16.1. The Kier molecular flexibility index (Phi) is 4.19. The van der Waals surface area contributed by atoms with E-state index in [1.165, 1.54) is 5.57 Å². The van der Waals surface area contributed by atoms with Gasteiger partial charge in [0, 0.05) is 11.3 Å². The topological polar surface area (TPSA) is 101 Å². The van der Waals surface area contributed by atoms with Crippen LogP contribution in [0.4, 0.5) is 0 Å². The summed E-state index contributed by atoms with van der Waals surface area (Å²) in [6, 6.07) is 0. The fourth-order valence-corrected chi connectivity index (χ4v) is 7.50. The van der Waals surface area contributed by atoms with Gasteiger partial charge in [0.25, 0.3) is 0 Å². The molecule has 0 bridgehead atoms. The number of allylic oxidation sites excluding steroid dienone is 1. The third-order valence-electron chi connectivity index (χ3n) is 9.01. The molecule has 1 unspecified atom stereocenters. The van der Waals surface area contributed by atoms with Crippen molar-refractivity contribution in [2.75, 3.05) is 0 Å². The molecule has 0 amide bonds. The maximum Gasteiger partial charge on any atom is 0.0886 e. The minimum absolute atomic E-state index is 0.140. The molecule has 0 heterocycles. The van der Waals surface area contributed by atoms with Gasteiger partial charge in [-0.1, -0.05) is 25.5 Å². The first kappa shape index (κ1) is 18.9. The summed E-state index contributed by atoms with van der Waals surface area (Å²) in [6.45, 7) is 5.70. The van der Waals surface area contributed by atoms with E-state index < -0.39 is 29.3 Å². The number of aliphatic hydroxyl groups is 5. The highest BCUT2D eigenvalue weighted by Gasteiger charge is 2.72. The van der Waals surface area contributed by atoms with Crippen LogP contribution in [-0.2, 0) is 0 Å². The largest absolute Gasteiger partial charge is 0.393 e. The third kappa shape index (κ3) is 2.10. The van der Waals surface area contributed by atoms with Gasteiger partial charge in [0.15, 0.2) is 0 Å². The Labute approximate surface area is 155 Å². The number of hydrogen-bond donors (Lipinski definition) is 5. The van der Waals surface area contributed by atoms with Crippen LogP contribution in [0.5, 0.6) is 0 Å². The van der Waals surface area contributed by atoms with Crippen molar-refractivity contribution in [2.24, 2.45) is 28.6 Å². The predicted octanol–water partition coefficient (Wildman–Crippen LogP) is 1.36. The Morgan fingerprint density at radius 3 is 2.46 bits per heavy atom. The van der Waals surface area contributed by atoms with E-state index in [9.17, 15) is 25.5 Å². The van der Waals surface area contributed by atoms with Gasteiger partial charge in [-0.25, -0.2) is 0 Å². The molecule has 5 heteroatoms. The first-order valence-electron chi connectivity index (χ1n) is 10.2. The highest BCUT2D eigenvalue weighted by atomic mass is 16.3. The summed E-state index contributed by atoms with van der Waals surface area (Å²) in [5, 5.41) is 54.7. The Morgan fingerprint density at radius 2 is 1.81 bits per heavy atom. The van der Waals surface area contributed by atoms with Crippen molar-refractivity contribution in [3.05, 3.63) is 11.6 Å². The number of aliphatic hydroxyl groups excluding tert-OH is 4. The van der Waals surface area contributed by atoms with Crippen molar-refractivity contribution in [2.45, 2.75) is 89.3 Å². The molecule has 0 aromatic heterocycles. The second-order valence-electron chi connectivity index (χ2n) is 9.94. The van der Waals surface area contributed by atoms with Crippen LogP contribution >= 0.6 is 0 Å². The van der Waals surface area contributed by atoms with Crippen molar-refractivity contribution in [3.63, 3.8) is 0 Å². The van der Waals surface area contributed by atoms with Gasteiger partial charge in [-0.2, -0.15) is 0 Å². The van der Waals surface area contributed by atoms with E-state index in [0.29, 0.717) is 32.1 Å². The SMILES string of the molecule is CC(O)[C@H]1CC[C@]2(O)[C@@H]3CC=C4C[C@@H](O)CC[C@]4(C)[C@H]3[C@H](O)[C@@H](O)[C@]12C. The Bertz CT molecular complexity index is 618. The Hall–Kier alpha value is -0.460. The van der Waals surface area contributed by atoms with Gasteiger partial charge in [-0.05, 0) is 62.7 Å². The molecule has 10 atom stereocenters. The van der Waals surface area contributed by atoms with Gasteiger partial charge in [0.2, 0.25) is 0 Å². The van der Waals surface area contributed by atoms with Gasteiger partial charge in [-0.3, -0.25) is 0 Å². The lowest BCUT2D eigenvalue weighted by Crippen LogP contribution is -2.71. The predicted molar refractivity (Wildman–Crippen MR) is 97.1 cm³/mol. The normalized spacial score (nSPS) is 57.6. The minimum atomic E-state index is -1.10. The molecule has 4 aliphatic carbocycles. The molecular weight excluding hydrogens is 332 g/mol. The smallest absolute Gasteiger partial charge is 0.0886 e. The Balaban J connectivity index is 1.81. The first-order valence-corrected chi connectivity index (χ1v) is 10.2. The lowest BCUT2D eigenvalue weighted by atomic mass is 9.44. The fraction of sp³-hybridized carbons (Fsp3) is 0.905. The second-order valence-corrected chi connectivity index (χ2v) is 9.94. The van der Waals surface area contributed by atoms with Crippen molar-refractivity contribution in [1.29, 1.82) is 0 Å². The number of hydrogen-bond acceptors (Lipinski definition) is 5. The third-order valence-corrected chi connectivity index (χ3v) is 9.01. The summed E-state index contributed by atoms with van der Waals surface area (Å²) >= 11 is 0. The van der Waals surface area contributed by atoms with E-state index in [1.807, 2.05) is 6.92 Å². The highest BCUT2D eigenvalue weighted by molar-refractivity contribution is 5.30. The lowest BCUT2D eigenvalue weighted by molar-refractivity contribution is -0.270.